The van der Waals surface area contributed by atoms with Crippen molar-refractivity contribution < 1.29 is 5.11 Å². The smallest absolute Gasteiger partial charge is 0.0636 e. The van der Waals surface area contributed by atoms with Gasteiger partial charge in [-0.15, -0.1) is 0 Å². The lowest BCUT2D eigenvalue weighted by Crippen LogP contribution is -2.23. The van der Waals surface area contributed by atoms with E-state index in [0.717, 1.165) is 6.54 Å². The predicted octanol–water partition coefficient (Wildman–Crippen LogP) is 1.64. The van der Waals surface area contributed by atoms with E-state index in [9.17, 15) is 0 Å². The van der Waals surface area contributed by atoms with E-state index in [0.29, 0.717) is 6.54 Å². The van der Waals surface area contributed by atoms with Crippen LogP contribution in [0.5, 0.6) is 0 Å². The van der Waals surface area contributed by atoms with Crippen molar-refractivity contribution >= 4 is 10.9 Å². The number of H-pyrrole nitrogens is 1. The largest absolute Gasteiger partial charge is 0.392 e. The number of hydrogen-bond acceptors (Lipinski definition) is 2. The molecule has 0 saturated heterocycles. The van der Waals surface area contributed by atoms with Gasteiger partial charge in [-0.25, -0.2) is 0 Å². The topological polar surface area (TPSA) is 48.0 Å². The van der Waals surface area contributed by atoms with Crippen molar-refractivity contribution in [1.82, 2.24) is 10.3 Å². The normalized spacial score (nSPS) is 13.2. The minimum atomic E-state index is -0.298. The molecule has 0 radical (unpaired) electrons. The molecule has 0 amide bonds. The predicted molar refractivity (Wildman–Crippen MR) is 61.7 cm³/mol. The van der Waals surface area contributed by atoms with E-state index in [1.165, 1.54) is 16.5 Å². The van der Waals surface area contributed by atoms with Gasteiger partial charge < -0.3 is 15.4 Å². The number of aliphatic hydroxyl groups excluding tert-OH is 1. The van der Waals surface area contributed by atoms with Gasteiger partial charge in [-0.1, -0.05) is 18.2 Å². The summed E-state index contributed by atoms with van der Waals surface area (Å²) in [6.45, 7) is 3.18. The fourth-order valence-electron chi connectivity index (χ4n) is 1.71. The van der Waals surface area contributed by atoms with Crippen LogP contribution in [0, 0.1) is 0 Å². The molecule has 1 heterocycles. The number of rotatable bonds is 4. The van der Waals surface area contributed by atoms with Crippen molar-refractivity contribution in [2.45, 2.75) is 19.6 Å². The fraction of sp³-hybridized carbons (Fsp3) is 0.333. The number of para-hydroxylation sites is 1. The molecule has 3 heteroatoms. The molecule has 2 rings (SSSR count). The van der Waals surface area contributed by atoms with Crippen LogP contribution in [0.4, 0.5) is 0 Å². The third kappa shape index (κ3) is 2.37. The van der Waals surface area contributed by atoms with Gasteiger partial charge in [-0.2, -0.15) is 0 Å². The summed E-state index contributed by atoms with van der Waals surface area (Å²) >= 11 is 0. The van der Waals surface area contributed by atoms with Gasteiger partial charge in [-0.05, 0) is 23.9 Å². The van der Waals surface area contributed by atoms with Gasteiger partial charge in [0.1, 0.15) is 0 Å². The lowest BCUT2D eigenvalue weighted by atomic mass is 10.1. The highest BCUT2D eigenvalue weighted by molar-refractivity contribution is 5.82. The Labute approximate surface area is 89.1 Å². The van der Waals surface area contributed by atoms with E-state index in [2.05, 4.69) is 34.6 Å². The summed E-state index contributed by atoms with van der Waals surface area (Å²) in [4.78, 5) is 3.22. The van der Waals surface area contributed by atoms with Crippen molar-refractivity contribution in [1.29, 1.82) is 0 Å². The number of benzene rings is 1. The van der Waals surface area contributed by atoms with Crippen molar-refractivity contribution in [3.05, 3.63) is 36.0 Å². The molecule has 0 aliphatic heterocycles. The molecule has 2 aromatic rings. The number of aromatic amines is 1. The van der Waals surface area contributed by atoms with Gasteiger partial charge in [0, 0.05) is 24.8 Å². The summed E-state index contributed by atoms with van der Waals surface area (Å²) in [6, 6.07) is 8.29. The first-order valence-electron chi connectivity index (χ1n) is 5.21. The molecule has 0 saturated carbocycles. The number of hydrogen-bond donors (Lipinski definition) is 3. The minimum absolute atomic E-state index is 0.298. The maximum atomic E-state index is 9.13. The minimum Gasteiger partial charge on any atom is -0.392 e. The van der Waals surface area contributed by atoms with Crippen LogP contribution in [-0.2, 0) is 6.54 Å². The molecular formula is C12H16N2O. The Kier molecular flexibility index (Phi) is 3.04. The molecule has 3 N–H and O–H groups in total. The quantitative estimate of drug-likeness (QED) is 0.709. The van der Waals surface area contributed by atoms with Gasteiger partial charge in [0.15, 0.2) is 0 Å². The first kappa shape index (κ1) is 10.2. The summed E-state index contributed by atoms with van der Waals surface area (Å²) < 4.78 is 0. The highest BCUT2D eigenvalue weighted by Crippen LogP contribution is 2.16. The van der Waals surface area contributed by atoms with Crippen molar-refractivity contribution in [3.63, 3.8) is 0 Å². The number of fused-ring (bicyclic) bond motifs is 1. The standard InChI is InChI=1S/C12H16N2O/c1-9(15)7-13-8-11-4-2-3-10-5-6-14-12(10)11/h2-6,9,13-15H,7-8H2,1H3/t9-/m0/s1. The van der Waals surface area contributed by atoms with Crippen LogP contribution in [0.2, 0.25) is 0 Å². The van der Waals surface area contributed by atoms with Crippen molar-refractivity contribution in [2.75, 3.05) is 6.54 Å². The zero-order chi connectivity index (χ0) is 10.7. The Bertz CT molecular complexity index is 434. The number of aliphatic hydroxyl groups is 1. The van der Waals surface area contributed by atoms with Gasteiger partial charge >= 0.3 is 0 Å². The SMILES string of the molecule is C[C@H](O)CNCc1cccc2cc[nH]c12. The van der Waals surface area contributed by atoms with E-state index in [-0.39, 0.29) is 6.10 Å². The Morgan fingerprint density at radius 3 is 3.07 bits per heavy atom. The van der Waals surface area contributed by atoms with E-state index in [4.69, 9.17) is 5.11 Å². The van der Waals surface area contributed by atoms with Crippen LogP contribution < -0.4 is 5.32 Å². The Morgan fingerprint density at radius 2 is 2.27 bits per heavy atom. The summed E-state index contributed by atoms with van der Waals surface area (Å²) in [6.07, 6.45) is 1.65. The molecule has 1 aromatic heterocycles. The second-order valence-corrected chi connectivity index (χ2v) is 3.84. The van der Waals surface area contributed by atoms with E-state index in [1.54, 1.807) is 6.92 Å². The molecule has 0 fully saturated rings. The Hall–Kier alpha value is -1.32. The lowest BCUT2D eigenvalue weighted by Gasteiger charge is -2.07. The van der Waals surface area contributed by atoms with Gasteiger partial charge in [0.2, 0.25) is 0 Å². The lowest BCUT2D eigenvalue weighted by molar-refractivity contribution is 0.191. The molecule has 80 valence electrons. The zero-order valence-corrected chi connectivity index (χ0v) is 8.83. The van der Waals surface area contributed by atoms with E-state index in [1.807, 2.05) is 6.20 Å². The first-order valence-corrected chi connectivity index (χ1v) is 5.21. The molecule has 1 aromatic carbocycles. The van der Waals surface area contributed by atoms with Gasteiger partial charge in [0.25, 0.3) is 0 Å². The maximum Gasteiger partial charge on any atom is 0.0636 e. The Balaban J connectivity index is 2.10. The molecule has 0 aliphatic rings. The first-order chi connectivity index (χ1) is 7.27. The van der Waals surface area contributed by atoms with Crippen LogP contribution >= 0.6 is 0 Å². The average Bonchev–Trinajstić information content (AvgIpc) is 2.65. The maximum absolute atomic E-state index is 9.13. The van der Waals surface area contributed by atoms with Crippen LogP contribution in [0.3, 0.4) is 0 Å². The molecule has 3 nitrogen and oxygen atoms in total. The van der Waals surface area contributed by atoms with E-state index >= 15 is 0 Å². The van der Waals surface area contributed by atoms with Crippen molar-refractivity contribution in [2.24, 2.45) is 0 Å². The fourth-order valence-corrected chi connectivity index (χ4v) is 1.71. The molecule has 1 atom stereocenters. The summed E-state index contributed by atoms with van der Waals surface area (Å²) in [5.41, 5.74) is 2.41. The molecular weight excluding hydrogens is 188 g/mol. The zero-order valence-electron chi connectivity index (χ0n) is 8.83. The highest BCUT2D eigenvalue weighted by Gasteiger charge is 2.01. The van der Waals surface area contributed by atoms with Gasteiger partial charge in [-0.3, -0.25) is 0 Å². The number of nitrogens with one attached hydrogen (secondary N) is 2. The number of aromatic nitrogens is 1. The molecule has 0 spiro atoms. The summed E-state index contributed by atoms with van der Waals surface area (Å²) in [5, 5.41) is 13.6. The molecule has 0 aliphatic carbocycles. The average molecular weight is 204 g/mol. The monoisotopic (exact) mass is 204 g/mol. The van der Waals surface area contributed by atoms with Crippen molar-refractivity contribution in [3.8, 4) is 0 Å². The van der Waals surface area contributed by atoms with Gasteiger partial charge in [0.05, 0.1) is 6.10 Å². The Morgan fingerprint density at radius 1 is 1.40 bits per heavy atom. The third-order valence-electron chi connectivity index (χ3n) is 2.43. The highest BCUT2D eigenvalue weighted by atomic mass is 16.3. The van der Waals surface area contributed by atoms with Crippen LogP contribution in [0.15, 0.2) is 30.5 Å². The van der Waals surface area contributed by atoms with Crippen LogP contribution in [0.25, 0.3) is 10.9 Å². The molecule has 0 bridgehead atoms. The van der Waals surface area contributed by atoms with Crippen LogP contribution in [-0.4, -0.2) is 22.7 Å². The van der Waals surface area contributed by atoms with E-state index < -0.39 is 0 Å². The summed E-state index contributed by atoms with van der Waals surface area (Å²) in [5.74, 6) is 0. The van der Waals surface area contributed by atoms with Crippen LogP contribution in [0.1, 0.15) is 12.5 Å². The third-order valence-corrected chi connectivity index (χ3v) is 2.43. The second-order valence-electron chi connectivity index (χ2n) is 3.84. The summed E-state index contributed by atoms with van der Waals surface area (Å²) in [7, 11) is 0. The second kappa shape index (κ2) is 4.47. The molecule has 15 heavy (non-hydrogen) atoms. The molecule has 0 unspecified atom stereocenters.